The summed E-state index contributed by atoms with van der Waals surface area (Å²) in [6.45, 7) is 0.406. The van der Waals surface area contributed by atoms with Crippen molar-refractivity contribution in [3.63, 3.8) is 0 Å². The molecule has 3 heterocycles. The van der Waals surface area contributed by atoms with Gasteiger partial charge in [0.2, 0.25) is 5.91 Å². The zero-order valence-electron chi connectivity index (χ0n) is 16.0. The first-order valence-electron chi connectivity index (χ1n) is 9.43. The second-order valence-electron chi connectivity index (χ2n) is 6.89. The van der Waals surface area contributed by atoms with E-state index in [2.05, 4.69) is 5.16 Å². The first-order chi connectivity index (χ1) is 14.6. The van der Waals surface area contributed by atoms with Gasteiger partial charge in [-0.3, -0.25) is 9.69 Å². The Hall–Kier alpha value is -3.40. The van der Waals surface area contributed by atoms with Crippen molar-refractivity contribution in [1.29, 1.82) is 0 Å². The molecule has 0 bridgehead atoms. The van der Waals surface area contributed by atoms with Crippen LogP contribution in [-0.4, -0.2) is 66.1 Å². The molecule has 1 aromatic heterocycles. The number of ether oxygens (including phenoxy) is 2. The van der Waals surface area contributed by atoms with Gasteiger partial charge in [-0.15, -0.1) is 0 Å². The summed E-state index contributed by atoms with van der Waals surface area (Å²) in [5.41, 5.74) is 1.55. The molecule has 0 radical (unpaired) electrons. The standard InChI is InChI=1S/C20H20FN3O6/c21-17-9-14(1-2-16(17)13-3-6-23(7-4-13)19(26)10-25)24-15(12-29-20(24)27)11-28-18-5-8-30-22-18/h1-3,5,8-9,15,25H,4,6-7,10-12H2/t15-/m1/s1. The van der Waals surface area contributed by atoms with Crippen molar-refractivity contribution >= 4 is 23.3 Å². The number of aliphatic hydroxyl groups excluding tert-OH is 1. The van der Waals surface area contributed by atoms with Crippen LogP contribution in [0.4, 0.5) is 14.9 Å². The number of aromatic nitrogens is 1. The van der Waals surface area contributed by atoms with Crippen LogP contribution in [0.15, 0.2) is 41.1 Å². The molecule has 2 aliphatic heterocycles. The number of amides is 2. The molecule has 0 spiro atoms. The fourth-order valence-corrected chi connectivity index (χ4v) is 3.51. The van der Waals surface area contributed by atoms with Crippen LogP contribution in [0.5, 0.6) is 5.88 Å². The summed E-state index contributed by atoms with van der Waals surface area (Å²) in [4.78, 5) is 26.6. The van der Waals surface area contributed by atoms with E-state index in [0.29, 0.717) is 30.8 Å². The molecule has 1 aromatic carbocycles. The van der Waals surface area contributed by atoms with Crippen molar-refractivity contribution in [2.24, 2.45) is 0 Å². The number of aliphatic hydroxyl groups is 1. The molecule has 10 heteroatoms. The summed E-state index contributed by atoms with van der Waals surface area (Å²) in [5, 5.41) is 12.6. The molecule has 1 saturated heterocycles. The topological polar surface area (TPSA) is 105 Å². The Morgan fingerprint density at radius 1 is 1.37 bits per heavy atom. The van der Waals surface area contributed by atoms with Gasteiger partial charge in [0.1, 0.15) is 37.9 Å². The maximum Gasteiger partial charge on any atom is 0.414 e. The number of rotatable bonds is 6. The zero-order chi connectivity index (χ0) is 21.1. The number of cyclic esters (lactones) is 1. The number of anilines is 1. The van der Waals surface area contributed by atoms with Gasteiger partial charge < -0.3 is 24.0 Å². The summed E-state index contributed by atoms with van der Waals surface area (Å²) in [6, 6.07) is 5.66. The molecule has 2 amide bonds. The van der Waals surface area contributed by atoms with E-state index in [1.807, 2.05) is 0 Å². The minimum Gasteiger partial charge on any atom is -0.473 e. The maximum atomic E-state index is 14.9. The van der Waals surface area contributed by atoms with Crippen molar-refractivity contribution in [3.8, 4) is 5.88 Å². The van der Waals surface area contributed by atoms with Gasteiger partial charge in [0.15, 0.2) is 0 Å². The van der Waals surface area contributed by atoms with Crippen molar-refractivity contribution in [3.05, 3.63) is 48.0 Å². The summed E-state index contributed by atoms with van der Waals surface area (Å²) in [7, 11) is 0. The molecule has 2 aliphatic rings. The monoisotopic (exact) mass is 417 g/mol. The van der Waals surface area contributed by atoms with Gasteiger partial charge in [0, 0.05) is 24.7 Å². The van der Waals surface area contributed by atoms with Crippen LogP contribution < -0.4 is 9.64 Å². The average Bonchev–Trinajstić information content (AvgIpc) is 3.41. The van der Waals surface area contributed by atoms with Crippen LogP contribution in [0, 0.1) is 5.82 Å². The van der Waals surface area contributed by atoms with E-state index in [9.17, 15) is 14.0 Å². The second-order valence-corrected chi connectivity index (χ2v) is 6.89. The summed E-state index contributed by atoms with van der Waals surface area (Å²) >= 11 is 0. The Bertz CT molecular complexity index is 961. The van der Waals surface area contributed by atoms with Crippen LogP contribution in [-0.2, 0) is 9.53 Å². The number of halogens is 1. The van der Waals surface area contributed by atoms with Gasteiger partial charge in [0.05, 0.1) is 5.69 Å². The number of benzene rings is 1. The molecular formula is C20H20FN3O6. The number of carbonyl (C=O) groups is 2. The van der Waals surface area contributed by atoms with Gasteiger partial charge in [-0.25, -0.2) is 9.18 Å². The molecule has 4 rings (SSSR count). The van der Waals surface area contributed by atoms with Gasteiger partial charge >= 0.3 is 6.09 Å². The third-order valence-corrected chi connectivity index (χ3v) is 5.07. The Labute approximate surface area is 171 Å². The largest absolute Gasteiger partial charge is 0.473 e. The Morgan fingerprint density at radius 3 is 2.90 bits per heavy atom. The van der Waals surface area contributed by atoms with E-state index in [4.69, 9.17) is 19.1 Å². The Kier molecular flexibility index (Phi) is 5.66. The minimum absolute atomic E-state index is 0.111. The minimum atomic E-state index is -0.578. The molecule has 0 unspecified atom stereocenters. The van der Waals surface area contributed by atoms with Crippen LogP contribution >= 0.6 is 0 Å². The lowest BCUT2D eigenvalue weighted by Crippen LogP contribution is -2.38. The fraction of sp³-hybridized carbons (Fsp3) is 0.350. The first kappa shape index (κ1) is 19.9. The smallest absolute Gasteiger partial charge is 0.414 e. The number of carbonyl (C=O) groups excluding carboxylic acids is 2. The highest BCUT2D eigenvalue weighted by atomic mass is 19.1. The SMILES string of the molecule is O=C(CO)N1CC=C(c2ccc(N3C(=O)OC[C@H]3COc3ccon3)cc2F)CC1. The highest BCUT2D eigenvalue weighted by Gasteiger charge is 2.35. The van der Waals surface area contributed by atoms with E-state index in [1.54, 1.807) is 24.3 Å². The molecule has 30 heavy (non-hydrogen) atoms. The average molecular weight is 417 g/mol. The first-order valence-corrected chi connectivity index (χ1v) is 9.43. The highest BCUT2D eigenvalue weighted by molar-refractivity contribution is 5.90. The van der Waals surface area contributed by atoms with Crippen molar-refractivity contribution < 1.29 is 33.1 Å². The van der Waals surface area contributed by atoms with E-state index >= 15 is 0 Å². The van der Waals surface area contributed by atoms with E-state index < -0.39 is 24.6 Å². The summed E-state index contributed by atoms with van der Waals surface area (Å²) in [6.07, 6.45) is 3.04. The zero-order valence-corrected chi connectivity index (χ0v) is 16.0. The van der Waals surface area contributed by atoms with Gasteiger partial charge in [0.25, 0.3) is 5.88 Å². The molecule has 0 aliphatic carbocycles. The second kappa shape index (κ2) is 8.54. The van der Waals surface area contributed by atoms with Gasteiger partial charge in [-0.2, -0.15) is 0 Å². The van der Waals surface area contributed by atoms with Crippen LogP contribution in [0.3, 0.4) is 0 Å². The third kappa shape index (κ3) is 3.99. The molecule has 0 saturated carbocycles. The van der Waals surface area contributed by atoms with Crippen molar-refractivity contribution in [2.75, 3.05) is 37.8 Å². The molecule has 9 nitrogen and oxygen atoms in total. The molecule has 1 atom stereocenters. The van der Waals surface area contributed by atoms with E-state index in [1.165, 1.54) is 22.1 Å². The van der Waals surface area contributed by atoms with Crippen molar-refractivity contribution in [2.45, 2.75) is 12.5 Å². The molecule has 1 fully saturated rings. The fourth-order valence-electron chi connectivity index (χ4n) is 3.51. The molecule has 158 valence electrons. The normalized spacial score (nSPS) is 18.9. The lowest BCUT2D eigenvalue weighted by Gasteiger charge is -2.26. The number of nitrogens with zero attached hydrogens (tertiary/aromatic N) is 3. The molecule has 2 aromatic rings. The van der Waals surface area contributed by atoms with Crippen LogP contribution in [0.2, 0.25) is 0 Å². The summed E-state index contributed by atoms with van der Waals surface area (Å²) < 4.78 is 30.2. The van der Waals surface area contributed by atoms with Gasteiger partial charge in [-0.05, 0) is 35.3 Å². The molecule has 1 N–H and O–H groups in total. The Balaban J connectivity index is 1.48. The van der Waals surface area contributed by atoms with E-state index in [0.717, 1.165) is 5.57 Å². The predicted molar refractivity (Wildman–Crippen MR) is 102 cm³/mol. The van der Waals surface area contributed by atoms with E-state index in [-0.39, 0.29) is 25.0 Å². The van der Waals surface area contributed by atoms with Crippen LogP contribution in [0.25, 0.3) is 5.57 Å². The summed E-state index contributed by atoms with van der Waals surface area (Å²) in [5.74, 6) is -0.544. The van der Waals surface area contributed by atoms with Gasteiger partial charge in [-0.1, -0.05) is 6.08 Å². The predicted octanol–water partition coefficient (Wildman–Crippen LogP) is 1.83. The number of hydrogen-bond donors (Lipinski definition) is 1. The van der Waals surface area contributed by atoms with Crippen LogP contribution in [0.1, 0.15) is 12.0 Å². The Morgan fingerprint density at radius 2 is 2.23 bits per heavy atom. The quantitative estimate of drug-likeness (QED) is 0.764. The number of hydrogen-bond acceptors (Lipinski definition) is 7. The maximum absolute atomic E-state index is 14.9. The van der Waals surface area contributed by atoms with Crippen molar-refractivity contribution in [1.82, 2.24) is 10.1 Å². The molecular weight excluding hydrogens is 397 g/mol. The highest BCUT2D eigenvalue weighted by Crippen LogP contribution is 2.30. The third-order valence-electron chi connectivity index (χ3n) is 5.07. The lowest BCUT2D eigenvalue weighted by molar-refractivity contribution is -0.133. The lowest BCUT2D eigenvalue weighted by atomic mass is 9.98.